The topological polar surface area (TPSA) is 62.7 Å². The maximum absolute atomic E-state index is 12.1. The standard InChI is InChI=1S/C15H22N2O3/c1-15(2,3)20-14(19)17-6-4-12-8-11(10-18)9-16-13(12)5-7-17/h8-9,18H,4-7,10H2,1-3H3. The lowest BCUT2D eigenvalue weighted by Gasteiger charge is -2.26. The summed E-state index contributed by atoms with van der Waals surface area (Å²) in [4.78, 5) is 18.2. The SMILES string of the molecule is CC(C)(C)OC(=O)N1CCc2cc(CO)cnc2CC1. The molecule has 2 heterocycles. The van der Waals surface area contributed by atoms with Crippen molar-refractivity contribution in [2.24, 2.45) is 0 Å². The van der Waals surface area contributed by atoms with Crippen molar-refractivity contribution in [2.75, 3.05) is 13.1 Å². The molecule has 1 aromatic rings. The molecular weight excluding hydrogens is 256 g/mol. The number of rotatable bonds is 1. The Balaban J connectivity index is 2.06. The molecular formula is C15H22N2O3. The van der Waals surface area contributed by atoms with E-state index in [1.807, 2.05) is 26.8 Å². The van der Waals surface area contributed by atoms with E-state index in [2.05, 4.69) is 4.98 Å². The summed E-state index contributed by atoms with van der Waals surface area (Å²) in [5.74, 6) is 0. The zero-order chi connectivity index (χ0) is 14.8. The highest BCUT2D eigenvalue weighted by molar-refractivity contribution is 5.68. The van der Waals surface area contributed by atoms with E-state index in [1.165, 1.54) is 0 Å². The van der Waals surface area contributed by atoms with Crippen LogP contribution in [0.5, 0.6) is 0 Å². The second kappa shape index (κ2) is 5.79. The number of nitrogens with zero attached hydrogens (tertiary/aromatic N) is 2. The van der Waals surface area contributed by atoms with Gasteiger partial charge in [0.1, 0.15) is 5.60 Å². The molecule has 0 unspecified atom stereocenters. The van der Waals surface area contributed by atoms with Gasteiger partial charge in [-0.1, -0.05) is 6.07 Å². The number of aliphatic hydroxyl groups is 1. The van der Waals surface area contributed by atoms with Gasteiger partial charge in [-0.15, -0.1) is 0 Å². The van der Waals surface area contributed by atoms with Crippen molar-refractivity contribution in [3.63, 3.8) is 0 Å². The van der Waals surface area contributed by atoms with Crippen molar-refractivity contribution in [2.45, 2.75) is 45.8 Å². The molecule has 1 amide bonds. The van der Waals surface area contributed by atoms with Gasteiger partial charge in [0.25, 0.3) is 0 Å². The number of hydrogen-bond donors (Lipinski definition) is 1. The fourth-order valence-electron chi connectivity index (χ4n) is 2.23. The van der Waals surface area contributed by atoms with E-state index < -0.39 is 5.60 Å². The van der Waals surface area contributed by atoms with Crippen molar-refractivity contribution < 1.29 is 14.6 Å². The second-order valence-corrected chi connectivity index (χ2v) is 6.07. The summed E-state index contributed by atoms with van der Waals surface area (Å²) in [5.41, 5.74) is 2.46. The molecule has 110 valence electrons. The van der Waals surface area contributed by atoms with Crippen LogP contribution in [0.1, 0.15) is 37.6 Å². The van der Waals surface area contributed by atoms with Gasteiger partial charge < -0.3 is 14.7 Å². The van der Waals surface area contributed by atoms with E-state index in [1.54, 1.807) is 11.1 Å². The molecule has 20 heavy (non-hydrogen) atoms. The van der Waals surface area contributed by atoms with Gasteiger partial charge in [0.15, 0.2) is 0 Å². The zero-order valence-electron chi connectivity index (χ0n) is 12.3. The molecule has 5 nitrogen and oxygen atoms in total. The third-order valence-electron chi connectivity index (χ3n) is 3.22. The van der Waals surface area contributed by atoms with Gasteiger partial charge in [-0.2, -0.15) is 0 Å². The first kappa shape index (κ1) is 14.8. The summed E-state index contributed by atoms with van der Waals surface area (Å²) in [5, 5.41) is 9.15. The Kier molecular flexibility index (Phi) is 4.28. The van der Waals surface area contributed by atoms with E-state index in [-0.39, 0.29) is 12.7 Å². The average molecular weight is 278 g/mol. The number of hydrogen-bond acceptors (Lipinski definition) is 4. The van der Waals surface area contributed by atoms with Crippen LogP contribution in [0.25, 0.3) is 0 Å². The van der Waals surface area contributed by atoms with E-state index in [0.29, 0.717) is 13.1 Å². The molecule has 0 spiro atoms. The highest BCUT2D eigenvalue weighted by Crippen LogP contribution is 2.17. The quantitative estimate of drug-likeness (QED) is 0.852. The maximum atomic E-state index is 12.1. The van der Waals surface area contributed by atoms with Gasteiger partial charge in [-0.05, 0) is 38.3 Å². The molecule has 0 radical (unpaired) electrons. The largest absolute Gasteiger partial charge is 0.444 e. The van der Waals surface area contributed by atoms with E-state index in [0.717, 1.165) is 29.7 Å². The monoisotopic (exact) mass is 278 g/mol. The van der Waals surface area contributed by atoms with Crippen molar-refractivity contribution >= 4 is 6.09 Å². The lowest BCUT2D eigenvalue weighted by molar-refractivity contribution is 0.0258. The first-order chi connectivity index (χ1) is 9.39. The molecule has 1 aliphatic rings. The van der Waals surface area contributed by atoms with Crippen LogP contribution < -0.4 is 0 Å². The van der Waals surface area contributed by atoms with Crippen LogP contribution in [0.3, 0.4) is 0 Å². The molecule has 1 N–H and O–H groups in total. The van der Waals surface area contributed by atoms with Crippen LogP contribution in [0.4, 0.5) is 4.79 Å². The van der Waals surface area contributed by atoms with E-state index in [4.69, 9.17) is 9.84 Å². The summed E-state index contributed by atoms with van der Waals surface area (Å²) in [6.45, 7) is 6.84. The van der Waals surface area contributed by atoms with Gasteiger partial charge in [-0.3, -0.25) is 4.98 Å². The molecule has 1 aromatic heterocycles. The molecule has 2 rings (SSSR count). The van der Waals surface area contributed by atoms with Crippen molar-refractivity contribution in [3.05, 3.63) is 29.1 Å². The Labute approximate surface area is 119 Å². The fourth-order valence-corrected chi connectivity index (χ4v) is 2.23. The minimum atomic E-state index is -0.474. The van der Waals surface area contributed by atoms with E-state index in [9.17, 15) is 4.79 Å². The number of ether oxygens (including phenoxy) is 1. The summed E-state index contributed by atoms with van der Waals surface area (Å²) < 4.78 is 5.40. The number of aromatic nitrogens is 1. The van der Waals surface area contributed by atoms with Crippen molar-refractivity contribution in [1.82, 2.24) is 9.88 Å². The van der Waals surface area contributed by atoms with Gasteiger partial charge in [0, 0.05) is 31.4 Å². The summed E-state index contributed by atoms with van der Waals surface area (Å²) >= 11 is 0. The van der Waals surface area contributed by atoms with Gasteiger partial charge in [0.2, 0.25) is 0 Å². The van der Waals surface area contributed by atoms with Crippen LogP contribution in [0.2, 0.25) is 0 Å². The number of carbonyl (C=O) groups is 1. The normalized spacial score (nSPS) is 15.5. The summed E-state index contributed by atoms with van der Waals surface area (Å²) in [6, 6.07) is 1.97. The molecule has 0 saturated carbocycles. The predicted octanol–water partition coefficient (Wildman–Crippen LogP) is 1.91. The predicted molar refractivity (Wildman–Crippen MR) is 75.4 cm³/mol. The number of fused-ring (bicyclic) bond motifs is 1. The van der Waals surface area contributed by atoms with Crippen molar-refractivity contribution in [3.8, 4) is 0 Å². The third kappa shape index (κ3) is 3.70. The zero-order valence-corrected chi connectivity index (χ0v) is 12.3. The molecule has 5 heteroatoms. The minimum Gasteiger partial charge on any atom is -0.444 e. The highest BCUT2D eigenvalue weighted by Gasteiger charge is 2.24. The number of pyridine rings is 1. The molecule has 0 aromatic carbocycles. The Bertz CT molecular complexity index is 494. The van der Waals surface area contributed by atoms with Crippen LogP contribution in [-0.2, 0) is 24.2 Å². The van der Waals surface area contributed by atoms with Crippen LogP contribution in [-0.4, -0.2) is 39.8 Å². The van der Waals surface area contributed by atoms with Gasteiger partial charge in [0.05, 0.1) is 6.61 Å². The Morgan fingerprint density at radius 1 is 1.40 bits per heavy atom. The number of aliphatic hydroxyl groups excluding tert-OH is 1. The van der Waals surface area contributed by atoms with Crippen LogP contribution >= 0.6 is 0 Å². The first-order valence-corrected chi connectivity index (χ1v) is 6.94. The van der Waals surface area contributed by atoms with Gasteiger partial charge in [-0.25, -0.2) is 4.79 Å². The number of amides is 1. The smallest absolute Gasteiger partial charge is 0.410 e. The molecule has 0 fully saturated rings. The molecule has 0 saturated heterocycles. The summed E-state index contributed by atoms with van der Waals surface area (Å²) in [7, 11) is 0. The lowest BCUT2D eigenvalue weighted by Crippen LogP contribution is -2.38. The Hall–Kier alpha value is -1.62. The minimum absolute atomic E-state index is 0.00391. The molecule has 0 bridgehead atoms. The average Bonchev–Trinajstić information content (AvgIpc) is 2.58. The second-order valence-electron chi connectivity index (χ2n) is 6.07. The third-order valence-corrected chi connectivity index (χ3v) is 3.22. The molecule has 0 aliphatic carbocycles. The number of carbonyl (C=O) groups excluding carboxylic acids is 1. The first-order valence-electron chi connectivity index (χ1n) is 6.94. The highest BCUT2D eigenvalue weighted by atomic mass is 16.6. The Morgan fingerprint density at radius 2 is 2.10 bits per heavy atom. The van der Waals surface area contributed by atoms with Crippen LogP contribution in [0.15, 0.2) is 12.3 Å². The lowest BCUT2D eigenvalue weighted by atomic mass is 10.1. The van der Waals surface area contributed by atoms with Crippen LogP contribution in [0, 0.1) is 0 Å². The van der Waals surface area contributed by atoms with Crippen molar-refractivity contribution in [1.29, 1.82) is 0 Å². The van der Waals surface area contributed by atoms with E-state index >= 15 is 0 Å². The maximum Gasteiger partial charge on any atom is 0.410 e. The van der Waals surface area contributed by atoms with Gasteiger partial charge >= 0.3 is 6.09 Å². The fraction of sp³-hybridized carbons (Fsp3) is 0.600. The Morgan fingerprint density at radius 3 is 2.75 bits per heavy atom. The summed E-state index contributed by atoms with van der Waals surface area (Å²) in [6.07, 6.45) is 2.89. The molecule has 0 atom stereocenters. The molecule has 1 aliphatic heterocycles.